The molecule has 0 aliphatic carbocycles. The fourth-order valence-corrected chi connectivity index (χ4v) is 10.8. The zero-order chi connectivity index (χ0) is 48.3. The topological polar surface area (TPSA) is 181 Å². The maximum atomic E-state index is 10.5. The molecule has 7 aromatic carbocycles. The summed E-state index contributed by atoms with van der Waals surface area (Å²) in [5.41, 5.74) is 20.8. The van der Waals surface area contributed by atoms with Gasteiger partial charge in [-0.15, -0.1) is 0 Å². The Hall–Kier alpha value is -7.32. The molecule has 0 bridgehead atoms. The average molecular weight is 937 g/mol. The third-order valence-electron chi connectivity index (χ3n) is 11.9. The molecule has 0 unspecified atom stereocenters. The smallest absolute Gasteiger partial charge is 0.336 e. The molecule has 0 radical (unpaired) electrons. The monoisotopic (exact) mass is 936 g/mol. The van der Waals surface area contributed by atoms with Crippen molar-refractivity contribution in [3.8, 4) is 12.1 Å². The summed E-state index contributed by atoms with van der Waals surface area (Å²) in [7, 11) is 0. The molecule has 2 atom stereocenters. The number of rotatable bonds is 12. The van der Waals surface area contributed by atoms with Gasteiger partial charge in [-0.05, 0) is 96.8 Å². The quantitative estimate of drug-likeness (QED) is 0.0912. The average Bonchev–Trinajstić information content (AvgIpc) is 3.37. The molecule has 2 heterocycles. The molecule has 342 valence electrons. The lowest BCUT2D eigenvalue weighted by molar-refractivity contribution is 0.0651. The van der Waals surface area contributed by atoms with E-state index in [4.69, 9.17) is 21.7 Å². The van der Waals surface area contributed by atoms with Gasteiger partial charge in [-0.2, -0.15) is 10.5 Å². The van der Waals surface area contributed by atoms with Crippen LogP contribution in [0.5, 0.6) is 0 Å². The number of hydrogen-bond donors (Lipinski definition) is 4. The number of nitrogens with zero attached hydrogens (tertiary/aromatic N) is 4. The van der Waals surface area contributed by atoms with Crippen molar-refractivity contribution in [2.24, 2.45) is 11.5 Å². The number of aromatic carboxylic acids is 2. The van der Waals surface area contributed by atoms with E-state index in [-0.39, 0.29) is 11.1 Å². The number of para-hydroxylation sites is 2. The van der Waals surface area contributed by atoms with Crippen molar-refractivity contribution < 1.29 is 19.8 Å². The second-order valence-electron chi connectivity index (χ2n) is 16.6. The summed E-state index contributed by atoms with van der Waals surface area (Å²) >= 11 is 3.50. The number of benzene rings is 7. The largest absolute Gasteiger partial charge is 0.478 e. The van der Waals surface area contributed by atoms with Gasteiger partial charge >= 0.3 is 11.9 Å². The molecule has 2 aliphatic heterocycles. The van der Waals surface area contributed by atoms with E-state index < -0.39 is 23.0 Å². The molecule has 68 heavy (non-hydrogen) atoms. The minimum Gasteiger partial charge on any atom is -0.478 e. The van der Waals surface area contributed by atoms with E-state index >= 15 is 0 Å². The summed E-state index contributed by atoms with van der Waals surface area (Å²) in [6, 6.07) is 59.4. The van der Waals surface area contributed by atoms with Crippen LogP contribution < -0.4 is 21.3 Å². The molecule has 10 nitrogen and oxygen atoms in total. The lowest BCUT2D eigenvalue weighted by Gasteiger charge is -2.40. The first-order valence-electron chi connectivity index (χ1n) is 22.3. The van der Waals surface area contributed by atoms with Crippen molar-refractivity contribution in [3.63, 3.8) is 0 Å². The summed E-state index contributed by atoms with van der Waals surface area (Å²) in [4.78, 5) is 30.3. The van der Waals surface area contributed by atoms with E-state index in [2.05, 4.69) is 109 Å². The predicted octanol–water partition coefficient (Wildman–Crippen LogP) is 12.7. The fraction of sp³-hybridized carbons (Fsp3) is 0.179. The lowest BCUT2D eigenvalue weighted by Crippen LogP contribution is -2.47. The van der Waals surface area contributed by atoms with Gasteiger partial charge < -0.3 is 31.5 Å². The SMILES string of the molecule is CCC[C@@](N)(CN1c2ccccc2Sc2ccc(C#N)cc21)c1ccccc1.CCC[C@](N)(CN1c2ccccc2Sc2ccc(C#N)cc21)c1ccccc1.O=C(O)c1ccccc1C(=O)O. The first-order valence-corrected chi connectivity index (χ1v) is 24.0. The Labute approximate surface area is 406 Å². The van der Waals surface area contributed by atoms with Gasteiger partial charge in [0.2, 0.25) is 0 Å². The van der Waals surface area contributed by atoms with Crippen LogP contribution in [-0.4, -0.2) is 35.2 Å². The first kappa shape index (κ1) is 48.6. The third-order valence-corrected chi connectivity index (χ3v) is 14.1. The molecule has 0 aromatic heterocycles. The van der Waals surface area contributed by atoms with Crippen LogP contribution in [0.3, 0.4) is 0 Å². The van der Waals surface area contributed by atoms with Gasteiger partial charge in [0.1, 0.15) is 0 Å². The van der Waals surface area contributed by atoms with Crippen molar-refractivity contribution in [1.82, 2.24) is 0 Å². The number of carboxylic acids is 2. The van der Waals surface area contributed by atoms with Gasteiger partial charge in [0.25, 0.3) is 0 Å². The normalized spacial score (nSPS) is 13.6. The lowest BCUT2D eigenvalue weighted by atomic mass is 9.85. The molecule has 0 amide bonds. The summed E-state index contributed by atoms with van der Waals surface area (Å²) < 4.78 is 0. The van der Waals surface area contributed by atoms with Gasteiger partial charge in [0.05, 0.1) is 68.2 Å². The van der Waals surface area contributed by atoms with Crippen LogP contribution in [0.1, 0.15) is 82.5 Å². The Morgan fingerprint density at radius 1 is 0.500 bits per heavy atom. The van der Waals surface area contributed by atoms with E-state index in [1.165, 1.54) is 34.1 Å². The van der Waals surface area contributed by atoms with Crippen LogP contribution in [0.15, 0.2) is 189 Å². The number of hydrogen-bond acceptors (Lipinski definition) is 10. The van der Waals surface area contributed by atoms with Crippen molar-refractivity contribution in [2.45, 2.75) is 70.2 Å². The standard InChI is InChI=1S/2C24H23N3S.C8H6O4/c2*1-2-14-24(26,19-8-4-3-5-9-19)17-27-20-10-6-7-11-22(20)28-23-13-12-18(16-25)15-21(23)27;9-7(10)5-3-1-2-4-6(5)8(11)12/h2*3-13,15H,2,14,17,26H2,1H3;1-4H,(H,9,10)(H,11,12)/t2*24-;/m10./s1. The minimum absolute atomic E-state index is 0.190. The molecule has 0 saturated heterocycles. The van der Waals surface area contributed by atoms with Gasteiger partial charge in [-0.1, -0.05) is 147 Å². The molecule has 7 aromatic rings. The highest BCUT2D eigenvalue weighted by Crippen LogP contribution is 2.51. The van der Waals surface area contributed by atoms with Crippen molar-refractivity contribution in [2.75, 3.05) is 22.9 Å². The summed E-state index contributed by atoms with van der Waals surface area (Å²) in [6.07, 6.45) is 3.77. The van der Waals surface area contributed by atoms with Crippen LogP contribution in [0.25, 0.3) is 0 Å². The highest BCUT2D eigenvalue weighted by atomic mass is 32.2. The second kappa shape index (κ2) is 22.0. The molecule has 0 saturated carbocycles. The Morgan fingerprint density at radius 3 is 1.19 bits per heavy atom. The molecule has 12 heteroatoms. The molecule has 9 rings (SSSR count). The fourth-order valence-electron chi connectivity index (χ4n) is 8.62. The number of nitrogens with two attached hydrogens (primary N) is 2. The van der Waals surface area contributed by atoms with Gasteiger partial charge in [0, 0.05) is 32.7 Å². The molecular formula is C56H52N6O4S2. The van der Waals surface area contributed by atoms with E-state index in [1.54, 1.807) is 23.5 Å². The van der Waals surface area contributed by atoms with Crippen LogP contribution in [0.4, 0.5) is 22.7 Å². The number of carbonyl (C=O) groups is 2. The Morgan fingerprint density at radius 2 is 0.838 bits per heavy atom. The van der Waals surface area contributed by atoms with Crippen LogP contribution in [0, 0.1) is 22.7 Å². The number of fused-ring (bicyclic) bond motifs is 4. The van der Waals surface area contributed by atoms with E-state index in [1.807, 2.05) is 72.8 Å². The third kappa shape index (κ3) is 10.9. The summed E-state index contributed by atoms with van der Waals surface area (Å²) in [5.74, 6) is -2.46. The van der Waals surface area contributed by atoms with E-state index in [0.717, 1.165) is 69.4 Å². The van der Waals surface area contributed by atoms with Crippen LogP contribution >= 0.6 is 23.5 Å². The molecule has 0 spiro atoms. The first-order chi connectivity index (χ1) is 32.9. The predicted molar refractivity (Wildman–Crippen MR) is 272 cm³/mol. The molecule has 0 fully saturated rings. The Kier molecular flexibility index (Phi) is 15.7. The molecular weight excluding hydrogens is 885 g/mol. The zero-order valence-electron chi connectivity index (χ0n) is 37.9. The maximum absolute atomic E-state index is 10.5. The summed E-state index contributed by atoms with van der Waals surface area (Å²) in [5, 5.41) is 35.9. The highest BCUT2D eigenvalue weighted by molar-refractivity contribution is 8.00. The maximum Gasteiger partial charge on any atom is 0.336 e. The molecule has 2 aliphatic rings. The van der Waals surface area contributed by atoms with Gasteiger partial charge in [-0.3, -0.25) is 0 Å². The van der Waals surface area contributed by atoms with Crippen molar-refractivity contribution in [3.05, 3.63) is 203 Å². The van der Waals surface area contributed by atoms with Crippen molar-refractivity contribution in [1.29, 1.82) is 10.5 Å². The van der Waals surface area contributed by atoms with Crippen molar-refractivity contribution >= 4 is 58.2 Å². The van der Waals surface area contributed by atoms with E-state index in [0.29, 0.717) is 24.2 Å². The highest BCUT2D eigenvalue weighted by Gasteiger charge is 2.35. The van der Waals surface area contributed by atoms with Gasteiger partial charge in [0.15, 0.2) is 0 Å². The Balaban J connectivity index is 0.000000163. The molecule has 6 N–H and O–H groups in total. The van der Waals surface area contributed by atoms with E-state index in [9.17, 15) is 20.1 Å². The summed E-state index contributed by atoms with van der Waals surface area (Å²) in [6.45, 7) is 5.66. The number of carboxylic acid groups (broad SMARTS) is 2. The number of nitriles is 2. The Bertz CT molecular complexity index is 2790. The zero-order valence-corrected chi connectivity index (χ0v) is 39.5. The second-order valence-corrected chi connectivity index (χ2v) is 18.8. The number of anilines is 4. The van der Waals surface area contributed by atoms with Gasteiger partial charge in [-0.25, -0.2) is 9.59 Å². The van der Waals surface area contributed by atoms with Crippen LogP contribution in [0.2, 0.25) is 0 Å². The minimum atomic E-state index is -1.23. The van der Waals surface area contributed by atoms with Crippen LogP contribution in [-0.2, 0) is 11.1 Å².